The number of aryl methyl sites for hydroxylation is 2. The van der Waals surface area contributed by atoms with Crippen molar-refractivity contribution in [1.82, 2.24) is 14.9 Å². The summed E-state index contributed by atoms with van der Waals surface area (Å²) in [5.74, 6) is 1.36. The monoisotopic (exact) mass is 445 g/mol. The highest BCUT2D eigenvalue weighted by molar-refractivity contribution is 6.31. The van der Waals surface area contributed by atoms with E-state index in [0.717, 1.165) is 22.5 Å². The predicted octanol–water partition coefficient (Wildman–Crippen LogP) is 5.44. The minimum absolute atomic E-state index is 0.116. The third-order valence-electron chi connectivity index (χ3n) is 4.90. The molecule has 0 unspecified atom stereocenters. The SMILES string of the molecule is Cc1cc(OCC(=O)N[C@@H](c2ccc(Cl)cc2)c2nccn2C)c(C(C)C)cc1Cl. The molecule has 1 N–H and O–H groups in total. The van der Waals surface area contributed by atoms with Gasteiger partial charge in [0, 0.05) is 29.5 Å². The molecule has 5 nitrogen and oxygen atoms in total. The van der Waals surface area contributed by atoms with Crippen molar-refractivity contribution < 1.29 is 9.53 Å². The summed E-state index contributed by atoms with van der Waals surface area (Å²) < 4.78 is 7.76. The van der Waals surface area contributed by atoms with Gasteiger partial charge >= 0.3 is 0 Å². The molecular weight excluding hydrogens is 421 g/mol. The van der Waals surface area contributed by atoms with Crippen LogP contribution in [0.15, 0.2) is 48.8 Å². The molecule has 2 aromatic carbocycles. The lowest BCUT2D eigenvalue weighted by molar-refractivity contribution is -0.123. The summed E-state index contributed by atoms with van der Waals surface area (Å²) >= 11 is 12.3. The summed E-state index contributed by atoms with van der Waals surface area (Å²) in [5, 5.41) is 4.34. The van der Waals surface area contributed by atoms with Crippen LogP contribution in [0.2, 0.25) is 10.0 Å². The maximum atomic E-state index is 12.8. The van der Waals surface area contributed by atoms with E-state index < -0.39 is 6.04 Å². The van der Waals surface area contributed by atoms with Gasteiger partial charge in [-0.1, -0.05) is 49.2 Å². The quantitative estimate of drug-likeness (QED) is 0.526. The molecule has 0 aliphatic carbocycles. The maximum absolute atomic E-state index is 12.8. The van der Waals surface area contributed by atoms with Gasteiger partial charge in [-0.2, -0.15) is 0 Å². The standard InChI is InChI=1S/C23H25Cl2N3O2/c1-14(2)18-12-19(25)15(3)11-20(18)30-13-21(29)27-22(23-26-9-10-28(23)4)16-5-7-17(24)8-6-16/h5-12,14,22H,13H2,1-4H3,(H,27,29)/t22-/m0/s1. The second-order valence-corrected chi connectivity index (χ2v) is 8.37. The third kappa shape index (κ3) is 5.15. The average Bonchev–Trinajstić information content (AvgIpc) is 3.13. The number of imidazole rings is 1. The molecule has 0 aliphatic heterocycles. The van der Waals surface area contributed by atoms with Crippen LogP contribution in [0.5, 0.6) is 5.75 Å². The van der Waals surface area contributed by atoms with Gasteiger partial charge in [0.1, 0.15) is 17.6 Å². The fraction of sp³-hybridized carbons (Fsp3) is 0.304. The molecule has 1 heterocycles. The summed E-state index contributed by atoms with van der Waals surface area (Å²) in [7, 11) is 1.89. The molecule has 3 rings (SSSR count). The second-order valence-electron chi connectivity index (χ2n) is 7.53. The molecule has 0 radical (unpaired) electrons. The number of halogens is 2. The van der Waals surface area contributed by atoms with E-state index in [9.17, 15) is 4.79 Å². The molecule has 0 fully saturated rings. The van der Waals surface area contributed by atoms with Crippen LogP contribution < -0.4 is 10.1 Å². The second kappa shape index (κ2) is 9.54. The minimum atomic E-state index is -0.421. The first-order chi connectivity index (χ1) is 14.3. The molecule has 1 aromatic heterocycles. The van der Waals surface area contributed by atoms with E-state index >= 15 is 0 Å². The van der Waals surface area contributed by atoms with E-state index in [4.69, 9.17) is 27.9 Å². The van der Waals surface area contributed by atoms with Gasteiger partial charge in [-0.3, -0.25) is 4.79 Å². The van der Waals surface area contributed by atoms with E-state index in [-0.39, 0.29) is 18.4 Å². The van der Waals surface area contributed by atoms with Gasteiger partial charge in [0.2, 0.25) is 0 Å². The highest BCUT2D eigenvalue weighted by Gasteiger charge is 2.21. The van der Waals surface area contributed by atoms with Crippen LogP contribution in [0, 0.1) is 6.92 Å². The molecule has 3 aromatic rings. The molecular formula is C23H25Cl2N3O2. The lowest BCUT2D eigenvalue weighted by Crippen LogP contribution is -2.34. The van der Waals surface area contributed by atoms with Crippen molar-refractivity contribution in [2.45, 2.75) is 32.7 Å². The first-order valence-electron chi connectivity index (χ1n) is 9.71. The highest BCUT2D eigenvalue weighted by Crippen LogP contribution is 2.32. The Balaban J connectivity index is 1.78. The van der Waals surface area contributed by atoms with E-state index in [1.165, 1.54) is 0 Å². The van der Waals surface area contributed by atoms with Gasteiger partial charge in [0.15, 0.2) is 6.61 Å². The summed E-state index contributed by atoms with van der Waals surface area (Å²) in [6.45, 7) is 5.92. The number of ether oxygens (including phenoxy) is 1. The molecule has 30 heavy (non-hydrogen) atoms. The number of rotatable bonds is 7. The van der Waals surface area contributed by atoms with Crippen LogP contribution in [0.1, 0.15) is 48.3 Å². The van der Waals surface area contributed by atoms with Crippen LogP contribution >= 0.6 is 23.2 Å². The molecule has 1 amide bonds. The normalized spacial score (nSPS) is 12.1. The number of benzene rings is 2. The number of hydrogen-bond donors (Lipinski definition) is 1. The number of hydrogen-bond acceptors (Lipinski definition) is 3. The molecule has 7 heteroatoms. The van der Waals surface area contributed by atoms with Crippen LogP contribution in [-0.4, -0.2) is 22.1 Å². The zero-order chi connectivity index (χ0) is 21.8. The lowest BCUT2D eigenvalue weighted by Gasteiger charge is -2.20. The van der Waals surface area contributed by atoms with Gasteiger partial charge in [-0.25, -0.2) is 4.98 Å². The van der Waals surface area contributed by atoms with Gasteiger partial charge in [0.25, 0.3) is 5.91 Å². The Hall–Kier alpha value is -2.50. The Morgan fingerprint density at radius 1 is 1.20 bits per heavy atom. The molecule has 0 spiro atoms. The van der Waals surface area contributed by atoms with Crippen molar-refractivity contribution in [1.29, 1.82) is 0 Å². The third-order valence-corrected chi connectivity index (χ3v) is 5.56. The number of amides is 1. The Kier molecular flexibility index (Phi) is 7.06. The average molecular weight is 446 g/mol. The molecule has 158 valence electrons. The van der Waals surface area contributed by atoms with E-state index in [2.05, 4.69) is 24.1 Å². The smallest absolute Gasteiger partial charge is 0.258 e. The van der Waals surface area contributed by atoms with Crippen LogP contribution in [-0.2, 0) is 11.8 Å². The Labute approximate surface area is 187 Å². The van der Waals surface area contributed by atoms with Crippen molar-refractivity contribution in [3.63, 3.8) is 0 Å². The van der Waals surface area contributed by atoms with Gasteiger partial charge in [0.05, 0.1) is 0 Å². The minimum Gasteiger partial charge on any atom is -0.483 e. The Bertz CT molecular complexity index is 1030. The fourth-order valence-corrected chi connectivity index (χ4v) is 3.50. The number of nitrogens with one attached hydrogen (secondary N) is 1. The summed E-state index contributed by atoms with van der Waals surface area (Å²) in [5.41, 5.74) is 2.76. The topological polar surface area (TPSA) is 56.1 Å². The zero-order valence-corrected chi connectivity index (χ0v) is 19.0. The lowest BCUT2D eigenvalue weighted by atomic mass is 10.0. The Morgan fingerprint density at radius 3 is 2.50 bits per heavy atom. The van der Waals surface area contributed by atoms with Crippen molar-refractivity contribution >= 4 is 29.1 Å². The number of carbonyl (C=O) groups excluding carboxylic acids is 1. The first kappa shape index (κ1) is 22.2. The van der Waals surface area contributed by atoms with Crippen molar-refractivity contribution in [3.8, 4) is 5.75 Å². The maximum Gasteiger partial charge on any atom is 0.258 e. The van der Waals surface area contributed by atoms with Crippen LogP contribution in [0.4, 0.5) is 0 Å². The van der Waals surface area contributed by atoms with E-state index in [1.54, 1.807) is 18.3 Å². The summed E-state index contributed by atoms with van der Waals surface area (Å²) in [4.78, 5) is 17.2. The number of aromatic nitrogens is 2. The van der Waals surface area contributed by atoms with E-state index in [0.29, 0.717) is 15.8 Å². The van der Waals surface area contributed by atoms with Gasteiger partial charge < -0.3 is 14.6 Å². The Morgan fingerprint density at radius 2 is 1.90 bits per heavy atom. The van der Waals surface area contributed by atoms with Crippen molar-refractivity contribution in [2.75, 3.05) is 6.61 Å². The summed E-state index contributed by atoms with van der Waals surface area (Å²) in [6.07, 6.45) is 3.54. The first-order valence-corrected chi connectivity index (χ1v) is 10.5. The highest BCUT2D eigenvalue weighted by atomic mass is 35.5. The molecule has 0 aliphatic rings. The molecule has 0 saturated heterocycles. The largest absolute Gasteiger partial charge is 0.483 e. The summed E-state index contributed by atoms with van der Waals surface area (Å²) in [6, 6.07) is 10.7. The van der Waals surface area contributed by atoms with Gasteiger partial charge in [-0.05, 0) is 53.8 Å². The van der Waals surface area contributed by atoms with E-state index in [1.807, 2.05) is 49.0 Å². The zero-order valence-electron chi connectivity index (χ0n) is 17.4. The predicted molar refractivity (Wildman–Crippen MR) is 120 cm³/mol. The fourth-order valence-electron chi connectivity index (χ4n) is 3.20. The van der Waals surface area contributed by atoms with Crippen LogP contribution in [0.3, 0.4) is 0 Å². The van der Waals surface area contributed by atoms with Crippen molar-refractivity contribution in [3.05, 3.63) is 81.4 Å². The molecule has 0 saturated carbocycles. The molecule has 1 atom stereocenters. The number of carbonyl (C=O) groups is 1. The molecule has 0 bridgehead atoms. The van der Waals surface area contributed by atoms with Crippen LogP contribution in [0.25, 0.3) is 0 Å². The number of nitrogens with zero attached hydrogens (tertiary/aromatic N) is 2. The van der Waals surface area contributed by atoms with Gasteiger partial charge in [-0.15, -0.1) is 0 Å². The van der Waals surface area contributed by atoms with Crippen molar-refractivity contribution in [2.24, 2.45) is 7.05 Å².